The van der Waals surface area contributed by atoms with Gasteiger partial charge in [-0.3, -0.25) is 0 Å². The van der Waals surface area contributed by atoms with Crippen LogP contribution in [0.2, 0.25) is 0 Å². The summed E-state index contributed by atoms with van der Waals surface area (Å²) in [5.41, 5.74) is 2.87. The summed E-state index contributed by atoms with van der Waals surface area (Å²) >= 11 is 0. The van der Waals surface area contributed by atoms with Crippen molar-refractivity contribution in [3.63, 3.8) is 0 Å². The summed E-state index contributed by atoms with van der Waals surface area (Å²) in [5.74, 6) is 0.965. The van der Waals surface area contributed by atoms with Crippen LogP contribution in [0.3, 0.4) is 0 Å². The Morgan fingerprint density at radius 3 is 2.93 bits per heavy atom. The molecule has 1 aliphatic heterocycles. The van der Waals surface area contributed by atoms with Crippen LogP contribution >= 0.6 is 0 Å². The number of para-hydroxylation sites is 1. The Hall–Kier alpha value is -1.18. The van der Waals surface area contributed by atoms with Crippen LogP contribution in [-0.4, -0.2) is 13.7 Å². The van der Waals surface area contributed by atoms with Gasteiger partial charge in [0.15, 0.2) is 0 Å². The average molecular weight is 205 g/mol. The fourth-order valence-corrected chi connectivity index (χ4v) is 2.54. The van der Waals surface area contributed by atoms with Gasteiger partial charge in [0, 0.05) is 12.0 Å². The van der Waals surface area contributed by atoms with Crippen LogP contribution in [0.4, 0.5) is 5.69 Å². The van der Waals surface area contributed by atoms with E-state index in [2.05, 4.69) is 31.3 Å². The SMILES string of the molecule is CCCC1(C)CNc2c(OC)cccc21. The van der Waals surface area contributed by atoms with Gasteiger partial charge in [0.1, 0.15) is 5.75 Å². The molecular weight excluding hydrogens is 186 g/mol. The minimum absolute atomic E-state index is 0.276. The van der Waals surface area contributed by atoms with Crippen LogP contribution in [0, 0.1) is 0 Å². The van der Waals surface area contributed by atoms with Crippen LogP contribution in [0.25, 0.3) is 0 Å². The van der Waals surface area contributed by atoms with E-state index in [0.717, 1.165) is 12.3 Å². The lowest BCUT2D eigenvalue weighted by Crippen LogP contribution is -2.23. The van der Waals surface area contributed by atoms with Crippen molar-refractivity contribution in [2.24, 2.45) is 0 Å². The van der Waals surface area contributed by atoms with Gasteiger partial charge in [0.05, 0.1) is 12.8 Å². The van der Waals surface area contributed by atoms with E-state index in [1.807, 2.05) is 6.07 Å². The maximum absolute atomic E-state index is 5.37. The van der Waals surface area contributed by atoms with Gasteiger partial charge in [0.25, 0.3) is 0 Å². The van der Waals surface area contributed by atoms with Gasteiger partial charge in [-0.1, -0.05) is 32.4 Å². The van der Waals surface area contributed by atoms with Gasteiger partial charge in [-0.2, -0.15) is 0 Å². The highest BCUT2D eigenvalue weighted by Crippen LogP contribution is 2.44. The Kier molecular flexibility index (Phi) is 2.59. The summed E-state index contributed by atoms with van der Waals surface area (Å²) < 4.78 is 5.37. The summed E-state index contributed by atoms with van der Waals surface area (Å²) in [6.45, 7) is 5.59. The second-order valence-electron chi connectivity index (χ2n) is 4.55. The van der Waals surface area contributed by atoms with Gasteiger partial charge in [-0.25, -0.2) is 0 Å². The Bertz CT molecular complexity index is 362. The monoisotopic (exact) mass is 205 g/mol. The Balaban J connectivity index is 2.43. The molecule has 2 rings (SSSR count). The molecule has 0 bridgehead atoms. The third-order valence-electron chi connectivity index (χ3n) is 3.35. The summed E-state index contributed by atoms with van der Waals surface area (Å²) in [4.78, 5) is 0. The fraction of sp³-hybridized carbons (Fsp3) is 0.538. The van der Waals surface area contributed by atoms with E-state index in [9.17, 15) is 0 Å². The lowest BCUT2D eigenvalue weighted by atomic mass is 9.80. The van der Waals surface area contributed by atoms with E-state index < -0.39 is 0 Å². The Labute approximate surface area is 91.6 Å². The largest absolute Gasteiger partial charge is 0.495 e. The van der Waals surface area contributed by atoms with Crippen LogP contribution < -0.4 is 10.1 Å². The number of benzene rings is 1. The first-order valence-electron chi connectivity index (χ1n) is 5.62. The summed E-state index contributed by atoms with van der Waals surface area (Å²) in [7, 11) is 1.73. The van der Waals surface area contributed by atoms with Crippen molar-refractivity contribution in [2.75, 3.05) is 19.0 Å². The molecule has 0 aliphatic carbocycles. The van der Waals surface area contributed by atoms with Crippen LogP contribution in [0.5, 0.6) is 5.75 Å². The maximum Gasteiger partial charge on any atom is 0.142 e. The normalized spacial score (nSPS) is 23.4. The molecule has 0 spiro atoms. The highest BCUT2D eigenvalue weighted by Gasteiger charge is 2.34. The van der Waals surface area contributed by atoms with Crippen molar-refractivity contribution in [1.82, 2.24) is 0 Å². The zero-order valence-electron chi connectivity index (χ0n) is 9.76. The first-order chi connectivity index (χ1) is 7.21. The number of anilines is 1. The molecule has 0 amide bonds. The molecule has 2 nitrogen and oxygen atoms in total. The van der Waals surface area contributed by atoms with Crippen molar-refractivity contribution in [2.45, 2.75) is 32.1 Å². The molecule has 0 radical (unpaired) electrons. The molecule has 0 fully saturated rings. The third kappa shape index (κ3) is 1.58. The van der Waals surface area contributed by atoms with Gasteiger partial charge in [0.2, 0.25) is 0 Å². The maximum atomic E-state index is 5.37. The number of hydrogen-bond donors (Lipinski definition) is 1. The summed E-state index contributed by atoms with van der Waals surface area (Å²) in [6, 6.07) is 6.32. The molecule has 1 unspecified atom stereocenters. The third-order valence-corrected chi connectivity index (χ3v) is 3.35. The highest BCUT2D eigenvalue weighted by atomic mass is 16.5. The number of ether oxygens (including phenoxy) is 1. The molecule has 0 saturated carbocycles. The van der Waals surface area contributed by atoms with Crippen LogP contribution in [0.15, 0.2) is 18.2 Å². The smallest absolute Gasteiger partial charge is 0.142 e. The second-order valence-corrected chi connectivity index (χ2v) is 4.55. The minimum Gasteiger partial charge on any atom is -0.495 e. The lowest BCUT2D eigenvalue weighted by Gasteiger charge is -2.23. The molecule has 1 aliphatic rings. The number of hydrogen-bond acceptors (Lipinski definition) is 2. The molecule has 15 heavy (non-hydrogen) atoms. The van der Waals surface area contributed by atoms with Crippen LogP contribution in [-0.2, 0) is 5.41 Å². The minimum atomic E-state index is 0.276. The van der Waals surface area contributed by atoms with Gasteiger partial charge in [-0.05, 0) is 18.1 Å². The van der Waals surface area contributed by atoms with E-state index in [1.54, 1.807) is 7.11 Å². The van der Waals surface area contributed by atoms with E-state index in [0.29, 0.717) is 0 Å². The Morgan fingerprint density at radius 2 is 2.27 bits per heavy atom. The average Bonchev–Trinajstić information content (AvgIpc) is 2.57. The molecule has 1 aromatic carbocycles. The van der Waals surface area contributed by atoms with E-state index in [1.165, 1.54) is 24.1 Å². The molecule has 1 aromatic rings. The first-order valence-corrected chi connectivity index (χ1v) is 5.62. The molecule has 1 atom stereocenters. The quantitative estimate of drug-likeness (QED) is 0.818. The fourth-order valence-electron chi connectivity index (χ4n) is 2.54. The first kappa shape index (κ1) is 10.3. The standard InChI is InChI=1S/C13H19NO/c1-4-8-13(2)9-14-12-10(13)6-5-7-11(12)15-3/h5-7,14H,4,8-9H2,1-3H3. The molecule has 82 valence electrons. The van der Waals surface area contributed by atoms with Crippen molar-refractivity contribution in [3.8, 4) is 5.75 Å². The van der Waals surface area contributed by atoms with Crippen molar-refractivity contribution >= 4 is 5.69 Å². The molecule has 1 heterocycles. The molecule has 0 aromatic heterocycles. The zero-order valence-corrected chi connectivity index (χ0v) is 9.76. The molecular formula is C13H19NO. The van der Waals surface area contributed by atoms with Gasteiger partial charge < -0.3 is 10.1 Å². The summed E-state index contributed by atoms with van der Waals surface area (Å²) in [6.07, 6.45) is 2.44. The molecule has 0 saturated heterocycles. The van der Waals surface area contributed by atoms with Crippen LogP contribution in [0.1, 0.15) is 32.3 Å². The highest BCUT2D eigenvalue weighted by molar-refractivity contribution is 5.68. The van der Waals surface area contributed by atoms with Gasteiger partial charge in [-0.15, -0.1) is 0 Å². The molecule has 1 N–H and O–H groups in total. The van der Waals surface area contributed by atoms with E-state index in [4.69, 9.17) is 4.74 Å². The number of rotatable bonds is 3. The van der Waals surface area contributed by atoms with Crippen molar-refractivity contribution < 1.29 is 4.74 Å². The number of nitrogens with one attached hydrogen (secondary N) is 1. The predicted octanol–water partition coefficient (Wildman–Crippen LogP) is 3.18. The van der Waals surface area contributed by atoms with E-state index >= 15 is 0 Å². The summed E-state index contributed by atoms with van der Waals surface area (Å²) in [5, 5.41) is 3.47. The van der Waals surface area contributed by atoms with Crippen molar-refractivity contribution in [1.29, 1.82) is 0 Å². The Morgan fingerprint density at radius 1 is 1.47 bits per heavy atom. The topological polar surface area (TPSA) is 21.3 Å². The zero-order chi connectivity index (χ0) is 10.9. The molecule has 2 heteroatoms. The predicted molar refractivity (Wildman–Crippen MR) is 63.7 cm³/mol. The number of methoxy groups -OCH3 is 1. The van der Waals surface area contributed by atoms with Crippen molar-refractivity contribution in [3.05, 3.63) is 23.8 Å². The van der Waals surface area contributed by atoms with E-state index in [-0.39, 0.29) is 5.41 Å². The number of fused-ring (bicyclic) bond motifs is 1. The second kappa shape index (κ2) is 3.76. The lowest BCUT2D eigenvalue weighted by molar-refractivity contribution is 0.416. The van der Waals surface area contributed by atoms with Gasteiger partial charge >= 0.3 is 0 Å².